The predicted octanol–water partition coefficient (Wildman–Crippen LogP) is 2.18. The molecule has 1 aromatic carbocycles. The Labute approximate surface area is 134 Å². The molecule has 2 aromatic rings. The van der Waals surface area contributed by atoms with Crippen LogP contribution in [0.1, 0.15) is 21.6 Å². The molecule has 3 rings (SSSR count). The molecule has 0 bridgehead atoms. The van der Waals surface area contributed by atoms with Gasteiger partial charge in [0, 0.05) is 37.5 Å². The first kappa shape index (κ1) is 15.3. The van der Waals surface area contributed by atoms with Crippen molar-refractivity contribution in [1.82, 2.24) is 9.88 Å². The maximum absolute atomic E-state index is 11.4. The van der Waals surface area contributed by atoms with Crippen molar-refractivity contribution in [3.05, 3.63) is 53.3 Å². The van der Waals surface area contributed by atoms with Crippen molar-refractivity contribution in [3.63, 3.8) is 0 Å². The molecule has 6 heteroatoms. The molecular weight excluding hydrogens is 296 g/mol. The van der Waals surface area contributed by atoms with Crippen LogP contribution in [0.25, 0.3) is 0 Å². The molecule has 0 atom stereocenters. The number of aromatic nitrogens is 1. The topological polar surface area (TPSA) is 71.9 Å². The molecular formula is C17H18N2O4. The normalized spacial score (nSPS) is 14.5. The van der Waals surface area contributed by atoms with Crippen LogP contribution in [-0.2, 0) is 13.1 Å². The van der Waals surface area contributed by atoms with Crippen molar-refractivity contribution in [2.75, 3.05) is 20.3 Å². The van der Waals surface area contributed by atoms with E-state index >= 15 is 0 Å². The summed E-state index contributed by atoms with van der Waals surface area (Å²) in [6.45, 7) is 2.33. The number of pyridine rings is 1. The SMILES string of the molecule is COc1ccnc(CN2CCOc3cccc(C(=O)O)c3C2)c1. The molecule has 6 nitrogen and oxygen atoms in total. The summed E-state index contributed by atoms with van der Waals surface area (Å²) in [7, 11) is 1.62. The number of aromatic carboxylic acids is 1. The number of benzene rings is 1. The predicted molar refractivity (Wildman–Crippen MR) is 83.8 cm³/mol. The van der Waals surface area contributed by atoms with Crippen molar-refractivity contribution < 1.29 is 19.4 Å². The van der Waals surface area contributed by atoms with Gasteiger partial charge in [0.15, 0.2) is 0 Å². The lowest BCUT2D eigenvalue weighted by atomic mass is 10.1. The lowest BCUT2D eigenvalue weighted by Crippen LogP contribution is -2.26. The number of hydrogen-bond acceptors (Lipinski definition) is 5. The standard InChI is InChI=1S/C17H18N2O4/c1-22-13-5-6-18-12(9-13)10-19-7-8-23-16-4-2-3-14(17(20)21)15(16)11-19/h2-6,9H,7-8,10-11H2,1H3,(H,20,21). The Morgan fingerprint density at radius 2 is 2.30 bits per heavy atom. The second-order valence-corrected chi connectivity index (χ2v) is 5.33. The van der Waals surface area contributed by atoms with E-state index in [0.717, 1.165) is 11.4 Å². The van der Waals surface area contributed by atoms with Crippen LogP contribution in [-0.4, -0.2) is 41.2 Å². The van der Waals surface area contributed by atoms with Gasteiger partial charge in [-0.1, -0.05) is 6.07 Å². The minimum absolute atomic E-state index is 0.285. The number of carboxylic acids is 1. The Kier molecular flexibility index (Phi) is 4.43. The van der Waals surface area contributed by atoms with E-state index < -0.39 is 5.97 Å². The second kappa shape index (κ2) is 6.66. The van der Waals surface area contributed by atoms with Gasteiger partial charge in [0.1, 0.15) is 18.1 Å². The first-order valence-electron chi connectivity index (χ1n) is 7.36. The first-order valence-corrected chi connectivity index (χ1v) is 7.36. The highest BCUT2D eigenvalue weighted by molar-refractivity contribution is 5.90. The highest BCUT2D eigenvalue weighted by Gasteiger charge is 2.21. The highest BCUT2D eigenvalue weighted by Crippen LogP contribution is 2.27. The first-order chi connectivity index (χ1) is 11.2. The minimum atomic E-state index is -0.938. The van der Waals surface area contributed by atoms with Gasteiger partial charge >= 0.3 is 5.97 Å². The number of hydrogen-bond donors (Lipinski definition) is 1. The Balaban J connectivity index is 1.84. The number of rotatable bonds is 4. The van der Waals surface area contributed by atoms with E-state index in [0.29, 0.717) is 37.6 Å². The quantitative estimate of drug-likeness (QED) is 0.932. The molecule has 0 radical (unpaired) electrons. The molecule has 0 fully saturated rings. The van der Waals surface area contributed by atoms with Crippen LogP contribution in [0.3, 0.4) is 0 Å². The summed E-state index contributed by atoms with van der Waals surface area (Å²) in [6, 6.07) is 8.82. The van der Waals surface area contributed by atoms with Gasteiger partial charge in [-0.25, -0.2) is 4.79 Å². The summed E-state index contributed by atoms with van der Waals surface area (Å²) in [4.78, 5) is 17.9. The average Bonchev–Trinajstić information content (AvgIpc) is 2.76. The zero-order valence-corrected chi connectivity index (χ0v) is 12.9. The van der Waals surface area contributed by atoms with E-state index in [1.165, 1.54) is 0 Å². The third-order valence-corrected chi connectivity index (χ3v) is 3.82. The fraction of sp³-hybridized carbons (Fsp3) is 0.294. The maximum atomic E-state index is 11.4. The lowest BCUT2D eigenvalue weighted by Gasteiger charge is -2.19. The van der Waals surface area contributed by atoms with E-state index in [1.807, 2.05) is 12.1 Å². The molecule has 0 unspecified atom stereocenters. The number of carbonyl (C=O) groups is 1. The van der Waals surface area contributed by atoms with Crippen LogP contribution in [0.15, 0.2) is 36.5 Å². The molecule has 0 spiro atoms. The molecule has 1 N–H and O–H groups in total. The summed E-state index contributed by atoms with van der Waals surface area (Å²) < 4.78 is 10.9. The second-order valence-electron chi connectivity index (χ2n) is 5.33. The number of ether oxygens (including phenoxy) is 2. The van der Waals surface area contributed by atoms with Crippen LogP contribution >= 0.6 is 0 Å². The van der Waals surface area contributed by atoms with E-state index in [-0.39, 0.29) is 5.56 Å². The van der Waals surface area contributed by atoms with E-state index in [1.54, 1.807) is 31.5 Å². The zero-order valence-electron chi connectivity index (χ0n) is 12.9. The summed E-state index contributed by atoms with van der Waals surface area (Å²) in [5.74, 6) is 0.463. The Morgan fingerprint density at radius 1 is 1.43 bits per heavy atom. The van der Waals surface area contributed by atoms with E-state index in [9.17, 15) is 9.90 Å². The Hall–Kier alpha value is -2.60. The van der Waals surface area contributed by atoms with Crippen LogP contribution in [0.5, 0.6) is 11.5 Å². The molecule has 1 aliphatic heterocycles. The molecule has 0 amide bonds. The maximum Gasteiger partial charge on any atom is 0.336 e. The van der Waals surface area contributed by atoms with Crippen molar-refractivity contribution >= 4 is 5.97 Å². The molecule has 120 valence electrons. The van der Waals surface area contributed by atoms with Crippen LogP contribution in [0, 0.1) is 0 Å². The van der Waals surface area contributed by atoms with Gasteiger partial charge in [-0.2, -0.15) is 0 Å². The minimum Gasteiger partial charge on any atom is -0.497 e. The largest absolute Gasteiger partial charge is 0.497 e. The Bertz CT molecular complexity index is 717. The van der Waals surface area contributed by atoms with Gasteiger partial charge in [0.25, 0.3) is 0 Å². The fourth-order valence-electron chi connectivity index (χ4n) is 2.69. The molecule has 23 heavy (non-hydrogen) atoms. The van der Waals surface area contributed by atoms with Crippen molar-refractivity contribution in [1.29, 1.82) is 0 Å². The smallest absolute Gasteiger partial charge is 0.336 e. The fourth-order valence-corrected chi connectivity index (χ4v) is 2.69. The zero-order chi connectivity index (χ0) is 16.2. The number of carboxylic acid groups (broad SMARTS) is 1. The van der Waals surface area contributed by atoms with Gasteiger partial charge in [-0.15, -0.1) is 0 Å². The number of fused-ring (bicyclic) bond motifs is 1. The summed E-state index contributed by atoms with van der Waals surface area (Å²) in [5, 5.41) is 9.37. The molecule has 2 heterocycles. The Morgan fingerprint density at radius 3 is 3.09 bits per heavy atom. The molecule has 1 aromatic heterocycles. The van der Waals surface area contributed by atoms with Crippen molar-refractivity contribution in [3.8, 4) is 11.5 Å². The molecule has 0 saturated heterocycles. The summed E-state index contributed by atoms with van der Waals surface area (Å²) in [6.07, 6.45) is 1.71. The number of nitrogens with zero attached hydrogens (tertiary/aromatic N) is 2. The van der Waals surface area contributed by atoms with Crippen molar-refractivity contribution in [2.24, 2.45) is 0 Å². The highest BCUT2D eigenvalue weighted by atomic mass is 16.5. The average molecular weight is 314 g/mol. The monoisotopic (exact) mass is 314 g/mol. The summed E-state index contributed by atoms with van der Waals surface area (Å²) in [5.41, 5.74) is 1.87. The molecule has 0 aliphatic carbocycles. The van der Waals surface area contributed by atoms with Crippen LogP contribution < -0.4 is 9.47 Å². The summed E-state index contributed by atoms with van der Waals surface area (Å²) >= 11 is 0. The van der Waals surface area contributed by atoms with Gasteiger partial charge in [0.05, 0.1) is 18.4 Å². The lowest BCUT2D eigenvalue weighted by molar-refractivity contribution is 0.0694. The molecule has 1 aliphatic rings. The van der Waals surface area contributed by atoms with Gasteiger partial charge in [-0.3, -0.25) is 9.88 Å². The third-order valence-electron chi connectivity index (χ3n) is 3.82. The van der Waals surface area contributed by atoms with Gasteiger partial charge < -0.3 is 14.6 Å². The third kappa shape index (κ3) is 3.43. The van der Waals surface area contributed by atoms with Crippen molar-refractivity contribution in [2.45, 2.75) is 13.1 Å². The van der Waals surface area contributed by atoms with Crippen LogP contribution in [0.4, 0.5) is 0 Å². The van der Waals surface area contributed by atoms with E-state index in [2.05, 4.69) is 9.88 Å². The van der Waals surface area contributed by atoms with Crippen LogP contribution in [0.2, 0.25) is 0 Å². The molecule has 0 saturated carbocycles. The van der Waals surface area contributed by atoms with Gasteiger partial charge in [0.2, 0.25) is 0 Å². The van der Waals surface area contributed by atoms with E-state index in [4.69, 9.17) is 9.47 Å². The van der Waals surface area contributed by atoms with Gasteiger partial charge in [-0.05, 0) is 18.2 Å². The number of methoxy groups -OCH3 is 1.